The number of rotatable bonds is 5. The van der Waals surface area contributed by atoms with E-state index in [2.05, 4.69) is 51.3 Å². The number of para-hydroxylation sites is 1. The third-order valence-corrected chi connectivity index (χ3v) is 5.36. The van der Waals surface area contributed by atoms with Gasteiger partial charge in [0.15, 0.2) is 0 Å². The van der Waals surface area contributed by atoms with Gasteiger partial charge in [-0.05, 0) is 48.4 Å². The summed E-state index contributed by atoms with van der Waals surface area (Å²) in [5, 5.41) is 2.94. The number of hydrogen-bond donors (Lipinski definition) is 1. The standard InChI is InChI=1S/C24H26N4O/c1-2-19-8-10-20(11-9-19)26-24(29)23-18-22(12-13-25-23)28-16-14-27(15-17-28)21-6-4-3-5-7-21/h3-13,18H,2,14-17H2,1H3,(H,26,29). The molecule has 0 aliphatic carbocycles. The maximum absolute atomic E-state index is 12.6. The lowest BCUT2D eigenvalue weighted by Crippen LogP contribution is -2.46. The molecule has 3 aromatic rings. The fraction of sp³-hybridized carbons (Fsp3) is 0.250. The smallest absolute Gasteiger partial charge is 0.274 e. The molecule has 5 heteroatoms. The second kappa shape index (κ2) is 8.78. The van der Waals surface area contributed by atoms with Crippen LogP contribution in [0.3, 0.4) is 0 Å². The number of nitrogens with one attached hydrogen (secondary N) is 1. The highest BCUT2D eigenvalue weighted by Crippen LogP contribution is 2.21. The molecule has 1 N–H and O–H groups in total. The van der Waals surface area contributed by atoms with E-state index in [9.17, 15) is 4.79 Å². The number of pyridine rings is 1. The molecule has 1 saturated heterocycles. The molecule has 148 valence electrons. The molecular weight excluding hydrogens is 360 g/mol. The van der Waals surface area contributed by atoms with Crippen molar-refractivity contribution < 1.29 is 4.79 Å². The van der Waals surface area contributed by atoms with Crippen molar-refractivity contribution in [2.45, 2.75) is 13.3 Å². The summed E-state index contributed by atoms with van der Waals surface area (Å²) < 4.78 is 0. The van der Waals surface area contributed by atoms with Gasteiger partial charge in [0.25, 0.3) is 5.91 Å². The highest BCUT2D eigenvalue weighted by atomic mass is 16.1. The summed E-state index contributed by atoms with van der Waals surface area (Å²) in [6.07, 6.45) is 2.70. The first-order chi connectivity index (χ1) is 14.2. The van der Waals surface area contributed by atoms with Crippen LogP contribution in [0, 0.1) is 0 Å². The Kier molecular flexibility index (Phi) is 5.75. The topological polar surface area (TPSA) is 48.5 Å². The third kappa shape index (κ3) is 4.57. The molecule has 1 aliphatic heterocycles. The van der Waals surface area contributed by atoms with Crippen LogP contribution >= 0.6 is 0 Å². The second-order valence-corrected chi connectivity index (χ2v) is 7.21. The van der Waals surface area contributed by atoms with Gasteiger partial charge >= 0.3 is 0 Å². The molecule has 0 spiro atoms. The second-order valence-electron chi connectivity index (χ2n) is 7.21. The number of piperazine rings is 1. The van der Waals surface area contributed by atoms with Crippen LogP contribution < -0.4 is 15.1 Å². The maximum atomic E-state index is 12.6. The molecule has 0 atom stereocenters. The lowest BCUT2D eigenvalue weighted by Gasteiger charge is -2.37. The van der Waals surface area contributed by atoms with Gasteiger partial charge in [0.2, 0.25) is 0 Å². The van der Waals surface area contributed by atoms with Gasteiger partial charge in [0.1, 0.15) is 5.69 Å². The van der Waals surface area contributed by atoms with Gasteiger partial charge in [-0.25, -0.2) is 0 Å². The van der Waals surface area contributed by atoms with Crippen LogP contribution in [0.2, 0.25) is 0 Å². The molecule has 5 nitrogen and oxygen atoms in total. The van der Waals surface area contributed by atoms with Crippen molar-refractivity contribution in [3.8, 4) is 0 Å². The number of hydrogen-bond acceptors (Lipinski definition) is 4. The lowest BCUT2D eigenvalue weighted by molar-refractivity contribution is 0.102. The number of aryl methyl sites for hydroxylation is 1. The average molecular weight is 386 g/mol. The van der Waals surface area contributed by atoms with Gasteiger partial charge < -0.3 is 15.1 Å². The van der Waals surface area contributed by atoms with Gasteiger partial charge in [-0.15, -0.1) is 0 Å². The molecule has 0 saturated carbocycles. The summed E-state index contributed by atoms with van der Waals surface area (Å²) in [5.41, 5.74) is 4.77. The van der Waals surface area contributed by atoms with Gasteiger partial charge in [-0.1, -0.05) is 37.3 Å². The van der Waals surface area contributed by atoms with E-state index in [4.69, 9.17) is 0 Å². The molecule has 0 bridgehead atoms. The Morgan fingerprint density at radius 1 is 0.897 bits per heavy atom. The fourth-order valence-corrected chi connectivity index (χ4v) is 3.62. The van der Waals surface area contributed by atoms with Gasteiger partial charge in [-0.2, -0.15) is 0 Å². The van der Waals surface area contributed by atoms with E-state index in [1.807, 2.05) is 42.5 Å². The third-order valence-electron chi connectivity index (χ3n) is 5.36. The highest BCUT2D eigenvalue weighted by molar-refractivity contribution is 6.03. The molecule has 1 amide bonds. The predicted molar refractivity (Wildman–Crippen MR) is 119 cm³/mol. The van der Waals surface area contributed by atoms with E-state index in [-0.39, 0.29) is 5.91 Å². The Labute approximate surface area is 172 Å². The monoisotopic (exact) mass is 386 g/mol. The molecular formula is C24H26N4O. The number of anilines is 3. The van der Waals surface area contributed by atoms with E-state index in [0.29, 0.717) is 5.69 Å². The average Bonchev–Trinajstić information content (AvgIpc) is 2.80. The molecule has 2 aromatic carbocycles. The first-order valence-electron chi connectivity index (χ1n) is 10.1. The molecule has 1 aromatic heterocycles. The summed E-state index contributed by atoms with van der Waals surface area (Å²) >= 11 is 0. The summed E-state index contributed by atoms with van der Waals surface area (Å²) in [4.78, 5) is 21.6. The molecule has 0 radical (unpaired) electrons. The number of benzene rings is 2. The maximum Gasteiger partial charge on any atom is 0.274 e. The van der Waals surface area contributed by atoms with E-state index in [1.54, 1.807) is 6.20 Å². The van der Waals surface area contributed by atoms with Crippen molar-refractivity contribution in [3.05, 3.63) is 84.2 Å². The summed E-state index contributed by atoms with van der Waals surface area (Å²) in [6, 6.07) is 22.3. The van der Waals surface area contributed by atoms with Crippen LogP contribution in [0.1, 0.15) is 23.0 Å². The molecule has 2 heterocycles. The SMILES string of the molecule is CCc1ccc(NC(=O)c2cc(N3CCN(c4ccccc4)CC3)ccn2)cc1. The minimum atomic E-state index is -0.181. The minimum absolute atomic E-state index is 0.181. The van der Waals surface area contributed by atoms with Crippen LogP contribution in [0.15, 0.2) is 72.9 Å². The summed E-state index contributed by atoms with van der Waals surface area (Å²) in [7, 11) is 0. The number of amides is 1. The quantitative estimate of drug-likeness (QED) is 0.713. The fourth-order valence-electron chi connectivity index (χ4n) is 3.62. The van der Waals surface area contributed by atoms with Crippen molar-refractivity contribution in [1.82, 2.24) is 4.98 Å². The Bertz CT molecular complexity index is 948. The van der Waals surface area contributed by atoms with Crippen LogP contribution in [0.5, 0.6) is 0 Å². The van der Waals surface area contributed by atoms with E-state index < -0.39 is 0 Å². The number of aromatic nitrogens is 1. The zero-order chi connectivity index (χ0) is 20.1. The first kappa shape index (κ1) is 19.0. The molecule has 29 heavy (non-hydrogen) atoms. The zero-order valence-corrected chi connectivity index (χ0v) is 16.7. The van der Waals surface area contributed by atoms with E-state index in [1.165, 1.54) is 11.3 Å². The van der Waals surface area contributed by atoms with Crippen molar-refractivity contribution in [2.75, 3.05) is 41.3 Å². The Hall–Kier alpha value is -3.34. The summed E-state index contributed by atoms with van der Waals surface area (Å²) in [5.74, 6) is -0.181. The Morgan fingerprint density at radius 3 is 2.21 bits per heavy atom. The highest BCUT2D eigenvalue weighted by Gasteiger charge is 2.18. The van der Waals surface area contributed by atoms with Crippen molar-refractivity contribution >= 4 is 23.0 Å². The van der Waals surface area contributed by atoms with E-state index in [0.717, 1.165) is 44.0 Å². The molecule has 1 aliphatic rings. The molecule has 4 rings (SSSR count). The number of carbonyl (C=O) groups is 1. The number of nitrogens with zero attached hydrogens (tertiary/aromatic N) is 3. The van der Waals surface area contributed by atoms with Crippen LogP contribution in [-0.2, 0) is 6.42 Å². The van der Waals surface area contributed by atoms with Gasteiger partial charge in [-0.3, -0.25) is 9.78 Å². The van der Waals surface area contributed by atoms with Crippen molar-refractivity contribution in [3.63, 3.8) is 0 Å². The van der Waals surface area contributed by atoms with Gasteiger partial charge in [0, 0.05) is 49.4 Å². The van der Waals surface area contributed by atoms with E-state index >= 15 is 0 Å². The lowest BCUT2D eigenvalue weighted by atomic mass is 10.1. The summed E-state index contributed by atoms with van der Waals surface area (Å²) in [6.45, 7) is 5.86. The van der Waals surface area contributed by atoms with Crippen molar-refractivity contribution in [1.29, 1.82) is 0 Å². The van der Waals surface area contributed by atoms with Crippen molar-refractivity contribution in [2.24, 2.45) is 0 Å². The largest absolute Gasteiger partial charge is 0.368 e. The Balaban J connectivity index is 1.40. The van der Waals surface area contributed by atoms with Crippen LogP contribution in [-0.4, -0.2) is 37.1 Å². The minimum Gasteiger partial charge on any atom is -0.368 e. The normalized spacial score (nSPS) is 14.0. The predicted octanol–water partition coefficient (Wildman–Crippen LogP) is 4.22. The van der Waals surface area contributed by atoms with Gasteiger partial charge in [0.05, 0.1) is 0 Å². The molecule has 0 unspecified atom stereocenters. The van der Waals surface area contributed by atoms with Crippen LogP contribution in [0.4, 0.5) is 17.1 Å². The van der Waals surface area contributed by atoms with Crippen LogP contribution in [0.25, 0.3) is 0 Å². The molecule has 1 fully saturated rings. The first-order valence-corrected chi connectivity index (χ1v) is 10.1. The Morgan fingerprint density at radius 2 is 1.55 bits per heavy atom. The zero-order valence-electron chi connectivity index (χ0n) is 16.7. The number of carbonyl (C=O) groups excluding carboxylic acids is 1.